The Morgan fingerprint density at radius 2 is 2.02 bits per heavy atom. The number of rotatable bonds is 0. The fourth-order valence-corrected chi connectivity index (χ4v) is 8.77. The van der Waals surface area contributed by atoms with Crippen molar-refractivity contribution in [2.45, 2.75) is 74.9 Å². The SMILES string of the molecule is O=C1NSCCC[C@@]2(O)CCO[C@H](C2)[C@@H]2CC[C@H]2CN2C[C@@]3(CCCc4cc(Cl)ccc43)COc3ccc1cc32. The molecule has 2 aliphatic carbocycles. The summed E-state index contributed by atoms with van der Waals surface area (Å²) in [6, 6.07) is 12.3. The van der Waals surface area contributed by atoms with Gasteiger partial charge in [-0.25, -0.2) is 0 Å². The highest BCUT2D eigenvalue weighted by Gasteiger charge is 2.47. The summed E-state index contributed by atoms with van der Waals surface area (Å²) in [5, 5.41) is 12.2. The molecular weight excluding hydrogens is 544 g/mol. The zero-order valence-electron chi connectivity index (χ0n) is 23.0. The van der Waals surface area contributed by atoms with E-state index in [9.17, 15) is 9.90 Å². The third kappa shape index (κ3) is 5.01. The Morgan fingerprint density at radius 3 is 2.90 bits per heavy atom. The molecular formula is C32H39ClN2O4S. The molecule has 214 valence electrons. The number of nitrogens with one attached hydrogen (secondary N) is 1. The van der Waals surface area contributed by atoms with Crippen molar-refractivity contribution in [1.82, 2.24) is 4.72 Å². The van der Waals surface area contributed by atoms with Gasteiger partial charge in [0.1, 0.15) is 5.75 Å². The van der Waals surface area contributed by atoms with Gasteiger partial charge < -0.3 is 19.5 Å². The molecule has 1 saturated heterocycles. The first kappa shape index (κ1) is 26.9. The van der Waals surface area contributed by atoms with E-state index in [0.717, 1.165) is 80.2 Å². The van der Waals surface area contributed by atoms with Gasteiger partial charge in [-0.2, -0.15) is 0 Å². The average Bonchev–Trinajstić information content (AvgIpc) is 3.07. The summed E-state index contributed by atoms with van der Waals surface area (Å²) in [6.45, 7) is 2.97. The Labute approximate surface area is 246 Å². The second kappa shape index (κ2) is 10.7. The summed E-state index contributed by atoms with van der Waals surface area (Å²) < 4.78 is 16.0. The van der Waals surface area contributed by atoms with Crippen molar-refractivity contribution in [3.05, 3.63) is 58.1 Å². The number of carbonyl (C=O) groups excluding carboxylic acids is 1. The lowest BCUT2D eigenvalue weighted by molar-refractivity contribution is -0.144. The quantitative estimate of drug-likeness (QED) is 0.376. The number of hydrogen-bond acceptors (Lipinski definition) is 6. The lowest BCUT2D eigenvalue weighted by atomic mass is 9.66. The summed E-state index contributed by atoms with van der Waals surface area (Å²) in [4.78, 5) is 15.7. The molecule has 2 aromatic carbocycles. The van der Waals surface area contributed by atoms with Crippen molar-refractivity contribution in [1.29, 1.82) is 0 Å². The number of ether oxygens (including phenoxy) is 2. The van der Waals surface area contributed by atoms with Crippen LogP contribution in [0.2, 0.25) is 5.02 Å². The monoisotopic (exact) mass is 582 g/mol. The van der Waals surface area contributed by atoms with Gasteiger partial charge in [-0.1, -0.05) is 29.6 Å². The van der Waals surface area contributed by atoms with Crippen molar-refractivity contribution < 1.29 is 19.4 Å². The van der Waals surface area contributed by atoms with Crippen LogP contribution >= 0.6 is 23.5 Å². The van der Waals surface area contributed by atoms with Crippen molar-refractivity contribution in [3.63, 3.8) is 0 Å². The van der Waals surface area contributed by atoms with E-state index in [0.29, 0.717) is 43.5 Å². The van der Waals surface area contributed by atoms with Gasteiger partial charge in [-0.05, 0) is 105 Å². The molecule has 0 aromatic heterocycles. The molecule has 0 unspecified atom stereocenters. The van der Waals surface area contributed by atoms with Gasteiger partial charge in [0.05, 0.1) is 24.0 Å². The summed E-state index contributed by atoms with van der Waals surface area (Å²) in [7, 11) is 0. The Kier molecular flexibility index (Phi) is 7.22. The number of benzene rings is 2. The smallest absolute Gasteiger partial charge is 0.261 e. The molecule has 8 heteroatoms. The lowest BCUT2D eigenvalue weighted by Gasteiger charge is -2.49. The fraction of sp³-hybridized carbons (Fsp3) is 0.594. The van der Waals surface area contributed by atoms with E-state index in [4.69, 9.17) is 21.1 Å². The first-order valence-electron chi connectivity index (χ1n) is 15.0. The van der Waals surface area contributed by atoms with Crippen molar-refractivity contribution in [3.8, 4) is 5.75 Å². The Hall–Kier alpha value is -1.93. The van der Waals surface area contributed by atoms with Crippen LogP contribution in [0.15, 0.2) is 36.4 Å². The molecule has 1 spiro atoms. The van der Waals surface area contributed by atoms with E-state index in [1.807, 2.05) is 24.3 Å². The average molecular weight is 583 g/mol. The minimum atomic E-state index is -0.671. The van der Waals surface area contributed by atoms with Crippen molar-refractivity contribution >= 4 is 35.1 Å². The highest BCUT2D eigenvalue weighted by Crippen LogP contribution is 2.48. The van der Waals surface area contributed by atoms with E-state index < -0.39 is 5.60 Å². The summed E-state index contributed by atoms with van der Waals surface area (Å²) in [5.41, 5.74) is 3.53. The number of aliphatic hydroxyl groups is 1. The predicted molar refractivity (Wildman–Crippen MR) is 160 cm³/mol. The Bertz CT molecular complexity index is 1290. The molecule has 2 aromatic rings. The van der Waals surface area contributed by atoms with Gasteiger partial charge in [0.25, 0.3) is 5.91 Å². The van der Waals surface area contributed by atoms with Crippen LogP contribution < -0.4 is 14.4 Å². The predicted octanol–water partition coefficient (Wildman–Crippen LogP) is 5.92. The van der Waals surface area contributed by atoms with E-state index in [1.54, 1.807) is 0 Å². The molecule has 3 aliphatic heterocycles. The molecule has 3 heterocycles. The van der Waals surface area contributed by atoms with E-state index in [-0.39, 0.29) is 17.4 Å². The van der Waals surface area contributed by atoms with Gasteiger partial charge in [-0.15, -0.1) is 0 Å². The Morgan fingerprint density at radius 1 is 1.10 bits per heavy atom. The van der Waals surface area contributed by atoms with Crippen LogP contribution in [-0.2, 0) is 16.6 Å². The number of anilines is 1. The maximum atomic E-state index is 13.2. The second-order valence-corrected chi connectivity index (χ2v) is 14.1. The van der Waals surface area contributed by atoms with Crippen LogP contribution in [0.25, 0.3) is 0 Å². The van der Waals surface area contributed by atoms with Crippen molar-refractivity contribution in [2.75, 3.05) is 37.0 Å². The number of nitrogens with zero attached hydrogens (tertiary/aromatic N) is 1. The van der Waals surface area contributed by atoms with E-state index in [1.165, 1.54) is 23.1 Å². The van der Waals surface area contributed by atoms with Crippen LogP contribution in [0.4, 0.5) is 5.69 Å². The number of fused-ring (bicyclic) bond motifs is 7. The maximum absolute atomic E-state index is 13.2. The van der Waals surface area contributed by atoms with Crippen LogP contribution in [0.5, 0.6) is 5.75 Å². The van der Waals surface area contributed by atoms with Crippen LogP contribution in [-0.4, -0.2) is 54.8 Å². The first-order valence-corrected chi connectivity index (χ1v) is 16.3. The summed E-state index contributed by atoms with van der Waals surface area (Å²) in [5.74, 6) is 2.47. The van der Waals surface area contributed by atoms with Crippen LogP contribution in [0, 0.1) is 11.8 Å². The Balaban J connectivity index is 1.26. The molecule has 1 amide bonds. The number of hydrogen-bond donors (Lipinski definition) is 2. The highest BCUT2D eigenvalue weighted by atomic mass is 35.5. The van der Waals surface area contributed by atoms with Gasteiger partial charge in [0, 0.05) is 47.9 Å². The molecule has 2 N–H and O–H groups in total. The number of halogens is 1. The molecule has 0 radical (unpaired) electrons. The zero-order valence-corrected chi connectivity index (χ0v) is 24.6. The third-order valence-electron chi connectivity index (χ3n) is 10.2. The van der Waals surface area contributed by atoms with Gasteiger partial charge in [0.15, 0.2) is 0 Å². The number of carbonyl (C=O) groups is 1. The zero-order chi connectivity index (χ0) is 27.3. The van der Waals surface area contributed by atoms with Crippen molar-refractivity contribution in [2.24, 2.45) is 11.8 Å². The minimum absolute atomic E-state index is 0.0807. The summed E-state index contributed by atoms with van der Waals surface area (Å²) in [6.07, 6.45) is 8.64. The summed E-state index contributed by atoms with van der Waals surface area (Å²) >= 11 is 7.85. The molecule has 2 fully saturated rings. The maximum Gasteiger partial charge on any atom is 0.261 e. The van der Waals surface area contributed by atoms with Crippen LogP contribution in [0.3, 0.4) is 0 Å². The van der Waals surface area contributed by atoms with E-state index in [2.05, 4.69) is 21.8 Å². The topological polar surface area (TPSA) is 71.0 Å². The second-order valence-electron chi connectivity index (χ2n) is 12.8. The number of amides is 1. The standard InChI is InChI=1S/C32H39ClN2O4S/c33-24-6-8-26-21(15-24)3-1-10-31(26)19-35-18-23-4-7-25(23)29-17-32(37,12-13-38-29)11-2-14-40-34-30(36)22-5-9-28(39-20-31)27(35)16-22/h5-6,8-9,15-16,23,25,29,37H,1-4,7,10-14,17-20H2,(H,34,36)/t23-,25+,29+,31-,32+/m0/s1. The van der Waals surface area contributed by atoms with Gasteiger partial charge in [0.2, 0.25) is 0 Å². The number of aryl methyl sites for hydroxylation is 1. The largest absolute Gasteiger partial charge is 0.490 e. The van der Waals surface area contributed by atoms with Crippen LogP contribution in [0.1, 0.15) is 72.9 Å². The van der Waals surface area contributed by atoms with Gasteiger partial charge in [-0.3, -0.25) is 9.52 Å². The first-order chi connectivity index (χ1) is 19.4. The lowest BCUT2D eigenvalue weighted by Crippen LogP contribution is -2.52. The molecule has 5 atom stereocenters. The molecule has 1 saturated carbocycles. The van der Waals surface area contributed by atoms with E-state index >= 15 is 0 Å². The molecule has 6 nitrogen and oxygen atoms in total. The highest BCUT2D eigenvalue weighted by molar-refractivity contribution is 7.97. The molecule has 5 aliphatic rings. The normalized spacial score (nSPS) is 34.0. The van der Waals surface area contributed by atoms with Gasteiger partial charge >= 0.3 is 0 Å². The third-order valence-corrected chi connectivity index (χ3v) is 11.3. The fourth-order valence-electron chi connectivity index (χ4n) is 7.94. The minimum Gasteiger partial charge on any atom is -0.490 e. The molecule has 7 rings (SSSR count). The molecule has 40 heavy (non-hydrogen) atoms. The molecule has 4 bridgehead atoms.